The minimum absolute atomic E-state index is 0.0902. The average molecular weight is 465 g/mol. The van der Waals surface area contributed by atoms with E-state index in [-0.39, 0.29) is 15.8 Å². The Morgan fingerprint density at radius 2 is 1.79 bits per heavy atom. The predicted molar refractivity (Wildman–Crippen MR) is 126 cm³/mol. The van der Waals surface area contributed by atoms with Crippen LogP contribution in [0.1, 0.15) is 24.8 Å². The second kappa shape index (κ2) is 7.50. The van der Waals surface area contributed by atoms with Crippen molar-refractivity contribution >= 4 is 37.3 Å². The van der Waals surface area contributed by atoms with Gasteiger partial charge in [0.15, 0.2) is 5.82 Å². The molecule has 1 fully saturated rings. The Hall–Kier alpha value is -3.03. The summed E-state index contributed by atoms with van der Waals surface area (Å²) in [4.78, 5) is 2.49. The predicted octanol–water partition coefficient (Wildman–Crippen LogP) is 5.56. The summed E-state index contributed by atoms with van der Waals surface area (Å²) < 4.78 is 58.1. The normalized spacial score (nSPS) is 19.2. The topological polar surface area (TPSA) is 42.3 Å². The van der Waals surface area contributed by atoms with E-state index in [0.29, 0.717) is 17.0 Å². The molecular formula is C26H22F2N2O2S. The summed E-state index contributed by atoms with van der Waals surface area (Å²) in [6.07, 6.45) is 6.49. The van der Waals surface area contributed by atoms with Gasteiger partial charge in [0.1, 0.15) is 11.3 Å². The Morgan fingerprint density at radius 3 is 2.67 bits per heavy atom. The lowest BCUT2D eigenvalue weighted by atomic mass is 9.94. The molecule has 1 saturated heterocycles. The molecule has 0 spiro atoms. The maximum absolute atomic E-state index is 15.1. The molecule has 33 heavy (non-hydrogen) atoms. The Balaban J connectivity index is 1.59. The van der Waals surface area contributed by atoms with Gasteiger partial charge in [0.05, 0.1) is 4.90 Å². The highest BCUT2D eigenvalue weighted by Crippen LogP contribution is 2.38. The molecule has 0 N–H and O–H groups in total. The minimum atomic E-state index is -4.15. The first kappa shape index (κ1) is 20.6. The maximum Gasteiger partial charge on any atom is 0.268 e. The van der Waals surface area contributed by atoms with Gasteiger partial charge in [0, 0.05) is 41.2 Å². The Morgan fingerprint density at radius 1 is 0.970 bits per heavy atom. The van der Waals surface area contributed by atoms with Gasteiger partial charge >= 0.3 is 0 Å². The van der Waals surface area contributed by atoms with Gasteiger partial charge < -0.3 is 0 Å². The van der Waals surface area contributed by atoms with E-state index in [4.69, 9.17) is 0 Å². The molecule has 0 bridgehead atoms. The molecule has 1 atom stereocenters. The molecule has 168 valence electrons. The first-order valence-corrected chi connectivity index (χ1v) is 12.5. The summed E-state index contributed by atoms with van der Waals surface area (Å²) in [5, 5.41) is 1.62. The van der Waals surface area contributed by atoms with E-state index in [9.17, 15) is 12.8 Å². The van der Waals surface area contributed by atoms with Crippen LogP contribution in [0.4, 0.5) is 8.78 Å². The van der Waals surface area contributed by atoms with Crippen LogP contribution in [-0.4, -0.2) is 36.4 Å². The van der Waals surface area contributed by atoms with Crippen LogP contribution in [0.15, 0.2) is 71.8 Å². The van der Waals surface area contributed by atoms with Crippen LogP contribution in [0.3, 0.4) is 0 Å². The van der Waals surface area contributed by atoms with Gasteiger partial charge in [-0.25, -0.2) is 21.2 Å². The van der Waals surface area contributed by atoms with Gasteiger partial charge in [-0.2, -0.15) is 0 Å². The van der Waals surface area contributed by atoms with E-state index in [1.54, 1.807) is 18.2 Å². The van der Waals surface area contributed by atoms with Gasteiger partial charge in [-0.1, -0.05) is 42.5 Å². The molecule has 0 saturated carbocycles. The van der Waals surface area contributed by atoms with Crippen LogP contribution in [0, 0.1) is 11.6 Å². The maximum atomic E-state index is 15.1. The molecular weight excluding hydrogens is 442 g/mol. The number of aromatic nitrogens is 1. The van der Waals surface area contributed by atoms with Crippen molar-refractivity contribution in [2.24, 2.45) is 0 Å². The van der Waals surface area contributed by atoms with Crippen LogP contribution in [0.25, 0.3) is 27.2 Å². The van der Waals surface area contributed by atoms with Crippen molar-refractivity contribution in [2.45, 2.75) is 30.2 Å². The van der Waals surface area contributed by atoms with Crippen LogP contribution < -0.4 is 0 Å². The fourth-order valence-electron chi connectivity index (χ4n) is 5.37. The molecule has 4 nitrogen and oxygen atoms in total. The summed E-state index contributed by atoms with van der Waals surface area (Å²) >= 11 is 0. The number of nitrogens with zero attached hydrogens (tertiary/aromatic N) is 2. The third-order valence-corrected chi connectivity index (χ3v) is 8.66. The molecule has 3 aromatic carbocycles. The summed E-state index contributed by atoms with van der Waals surface area (Å²) in [5.74, 6) is -1.61. The molecule has 2 aliphatic rings. The fraction of sp³-hybridized carbons (Fsp3) is 0.231. The number of fused-ring (bicyclic) bond motifs is 3. The van der Waals surface area contributed by atoms with E-state index in [2.05, 4.69) is 11.0 Å². The first-order valence-electron chi connectivity index (χ1n) is 11.1. The van der Waals surface area contributed by atoms with Crippen LogP contribution in [0.5, 0.6) is 0 Å². The quantitative estimate of drug-likeness (QED) is 0.399. The second-order valence-corrected chi connectivity index (χ2v) is 10.6. The van der Waals surface area contributed by atoms with Crippen molar-refractivity contribution in [3.63, 3.8) is 0 Å². The van der Waals surface area contributed by atoms with Crippen molar-refractivity contribution in [3.05, 3.63) is 84.1 Å². The number of rotatable bonds is 3. The van der Waals surface area contributed by atoms with Gasteiger partial charge in [-0.05, 0) is 48.9 Å². The fourth-order valence-corrected chi connectivity index (χ4v) is 6.97. The minimum Gasteiger partial charge on any atom is -0.296 e. The highest BCUT2D eigenvalue weighted by molar-refractivity contribution is 7.90. The Bertz CT molecular complexity index is 1550. The van der Waals surface area contributed by atoms with Gasteiger partial charge in [0.25, 0.3) is 10.0 Å². The van der Waals surface area contributed by atoms with Crippen molar-refractivity contribution in [1.29, 1.82) is 0 Å². The summed E-state index contributed by atoms with van der Waals surface area (Å²) in [6.45, 7) is 1.81. The zero-order chi connectivity index (χ0) is 22.7. The van der Waals surface area contributed by atoms with Gasteiger partial charge in [0.2, 0.25) is 0 Å². The molecule has 3 heterocycles. The van der Waals surface area contributed by atoms with E-state index in [1.807, 2.05) is 18.2 Å². The van der Waals surface area contributed by atoms with Crippen molar-refractivity contribution < 1.29 is 17.2 Å². The summed E-state index contributed by atoms with van der Waals surface area (Å²) in [6, 6.07) is 14.6. The van der Waals surface area contributed by atoms with Crippen molar-refractivity contribution in [3.8, 4) is 0 Å². The van der Waals surface area contributed by atoms with Crippen LogP contribution >= 0.6 is 0 Å². The Labute approximate surface area is 190 Å². The second-order valence-electron chi connectivity index (χ2n) is 8.83. The molecule has 0 aliphatic carbocycles. The van der Waals surface area contributed by atoms with Gasteiger partial charge in [-0.3, -0.25) is 4.90 Å². The lowest BCUT2D eigenvalue weighted by Gasteiger charge is -2.29. The average Bonchev–Trinajstić information content (AvgIpc) is 3.43. The van der Waals surface area contributed by atoms with Crippen molar-refractivity contribution in [1.82, 2.24) is 8.87 Å². The van der Waals surface area contributed by atoms with E-state index in [0.717, 1.165) is 53.4 Å². The first-order chi connectivity index (χ1) is 15.9. The monoisotopic (exact) mass is 464 g/mol. The standard InChI is InChI=1S/C26H22F2N2O2S/c27-19-14-22-23(18-10-12-29-11-4-7-20(29)13-18)16-30(26(22)24(28)15-19)33(31,32)25-9-3-6-17-5-1-2-8-21(17)25/h1-3,5-6,8-10,14-16,20H,4,7,11-13H2. The molecule has 4 aromatic rings. The molecule has 7 heteroatoms. The molecule has 0 amide bonds. The zero-order valence-corrected chi connectivity index (χ0v) is 18.7. The lowest BCUT2D eigenvalue weighted by Crippen LogP contribution is -2.32. The largest absolute Gasteiger partial charge is 0.296 e. The third kappa shape index (κ3) is 3.21. The molecule has 0 radical (unpaired) electrons. The summed E-state index contributed by atoms with van der Waals surface area (Å²) in [5.41, 5.74) is 1.41. The highest BCUT2D eigenvalue weighted by atomic mass is 32.2. The third-order valence-electron chi connectivity index (χ3n) is 6.94. The molecule has 1 aromatic heterocycles. The smallest absolute Gasteiger partial charge is 0.268 e. The Kier molecular flexibility index (Phi) is 4.67. The number of halogens is 2. The molecule has 2 aliphatic heterocycles. The SMILES string of the molecule is O=S(=O)(c1cccc2ccccc12)n1cc(C2=CCN3CCCC3C2)c2cc(F)cc(F)c21. The zero-order valence-electron chi connectivity index (χ0n) is 17.8. The van der Waals surface area contributed by atoms with E-state index >= 15 is 4.39 Å². The molecule has 1 unspecified atom stereocenters. The van der Waals surface area contributed by atoms with E-state index < -0.39 is 21.7 Å². The van der Waals surface area contributed by atoms with Gasteiger partial charge in [-0.15, -0.1) is 0 Å². The number of hydrogen-bond donors (Lipinski definition) is 0. The summed E-state index contributed by atoms with van der Waals surface area (Å²) in [7, 11) is -4.15. The highest BCUT2D eigenvalue weighted by Gasteiger charge is 2.31. The van der Waals surface area contributed by atoms with Crippen molar-refractivity contribution in [2.75, 3.05) is 13.1 Å². The van der Waals surface area contributed by atoms with Crippen LogP contribution in [0.2, 0.25) is 0 Å². The van der Waals surface area contributed by atoms with E-state index in [1.165, 1.54) is 18.3 Å². The number of hydrogen-bond acceptors (Lipinski definition) is 3. The molecule has 6 rings (SSSR count). The lowest BCUT2D eigenvalue weighted by molar-refractivity contribution is 0.275. The van der Waals surface area contributed by atoms with Crippen LogP contribution in [-0.2, 0) is 10.0 Å². The number of benzene rings is 3.